The molecule has 4 heteroatoms. The maximum Gasteiger partial charge on any atom is 0.316 e. The minimum absolute atomic E-state index is 0.174. The molecule has 0 aliphatic rings. The van der Waals surface area contributed by atoms with Gasteiger partial charge in [0.2, 0.25) is 0 Å². The van der Waals surface area contributed by atoms with E-state index >= 15 is 0 Å². The molecule has 4 nitrogen and oxygen atoms in total. The van der Waals surface area contributed by atoms with Crippen molar-refractivity contribution in [2.45, 2.75) is 26.8 Å². The van der Waals surface area contributed by atoms with Crippen LogP contribution in [0.1, 0.15) is 29.7 Å². The number of hydrogen-bond donors (Lipinski definition) is 3. The van der Waals surface area contributed by atoms with E-state index in [-0.39, 0.29) is 6.04 Å². The van der Waals surface area contributed by atoms with Crippen LogP contribution in [0, 0.1) is 13.8 Å². The third kappa shape index (κ3) is 3.75. The Kier molecular flexibility index (Phi) is 4.48. The molecule has 0 aliphatic heterocycles. The van der Waals surface area contributed by atoms with Gasteiger partial charge in [-0.15, -0.1) is 0 Å². The third-order valence-corrected chi connectivity index (χ3v) is 3.65. The molecule has 0 radical (unpaired) electrons. The molecular formula is C17H21N3O. The highest BCUT2D eigenvalue weighted by Crippen LogP contribution is 2.24. The molecule has 0 spiro atoms. The van der Waals surface area contributed by atoms with Crippen molar-refractivity contribution in [1.29, 1.82) is 0 Å². The number of amides is 2. The first kappa shape index (κ1) is 14.9. The van der Waals surface area contributed by atoms with Crippen molar-refractivity contribution in [3.05, 3.63) is 59.2 Å². The quantitative estimate of drug-likeness (QED) is 0.794. The van der Waals surface area contributed by atoms with E-state index in [0.29, 0.717) is 5.69 Å². The van der Waals surface area contributed by atoms with Gasteiger partial charge in [-0.3, -0.25) is 0 Å². The van der Waals surface area contributed by atoms with Crippen LogP contribution in [-0.4, -0.2) is 6.03 Å². The van der Waals surface area contributed by atoms with Gasteiger partial charge >= 0.3 is 6.03 Å². The Morgan fingerprint density at radius 1 is 1.10 bits per heavy atom. The summed E-state index contributed by atoms with van der Waals surface area (Å²) in [5.74, 6) is 0. The number of nitrogens with one attached hydrogen (secondary N) is 2. The maximum atomic E-state index is 10.8. The van der Waals surface area contributed by atoms with Gasteiger partial charge in [0.25, 0.3) is 0 Å². The number of benzene rings is 2. The van der Waals surface area contributed by atoms with Crippen LogP contribution in [0.3, 0.4) is 0 Å². The topological polar surface area (TPSA) is 67.2 Å². The molecule has 2 amide bonds. The Bertz CT molecular complexity index is 635. The summed E-state index contributed by atoms with van der Waals surface area (Å²) >= 11 is 0. The van der Waals surface area contributed by atoms with Crippen LogP contribution < -0.4 is 16.4 Å². The van der Waals surface area contributed by atoms with Gasteiger partial charge in [0, 0.05) is 17.4 Å². The van der Waals surface area contributed by atoms with Crippen molar-refractivity contribution in [3.63, 3.8) is 0 Å². The van der Waals surface area contributed by atoms with Crippen LogP contribution >= 0.6 is 0 Å². The summed E-state index contributed by atoms with van der Waals surface area (Å²) in [5, 5.41) is 6.07. The Balaban J connectivity index is 2.11. The standard InChI is InChI=1S/C17H21N3O/c1-11-5-4-6-16(12(11)2)19-13(3)14-7-9-15(10-8-14)20-17(18)21/h4-10,13,19H,1-3H3,(H3,18,20,21). The highest BCUT2D eigenvalue weighted by molar-refractivity contribution is 5.87. The molecule has 0 bridgehead atoms. The average molecular weight is 283 g/mol. The minimum atomic E-state index is -0.552. The largest absolute Gasteiger partial charge is 0.378 e. The number of anilines is 2. The van der Waals surface area contributed by atoms with Gasteiger partial charge in [-0.05, 0) is 55.7 Å². The van der Waals surface area contributed by atoms with Crippen LogP contribution in [0.5, 0.6) is 0 Å². The zero-order chi connectivity index (χ0) is 15.4. The molecule has 110 valence electrons. The lowest BCUT2D eigenvalue weighted by molar-refractivity contribution is 0.259. The second-order valence-electron chi connectivity index (χ2n) is 5.22. The molecule has 2 aromatic rings. The molecular weight excluding hydrogens is 262 g/mol. The number of rotatable bonds is 4. The van der Waals surface area contributed by atoms with E-state index in [2.05, 4.69) is 49.6 Å². The van der Waals surface area contributed by atoms with Gasteiger partial charge in [0.05, 0.1) is 0 Å². The fourth-order valence-electron chi connectivity index (χ4n) is 2.22. The second kappa shape index (κ2) is 6.31. The highest BCUT2D eigenvalue weighted by atomic mass is 16.2. The lowest BCUT2D eigenvalue weighted by Crippen LogP contribution is -2.19. The molecule has 2 aromatic carbocycles. The molecule has 0 heterocycles. The van der Waals surface area contributed by atoms with Crippen molar-refractivity contribution in [3.8, 4) is 0 Å². The molecule has 0 fully saturated rings. The monoisotopic (exact) mass is 283 g/mol. The highest BCUT2D eigenvalue weighted by Gasteiger charge is 2.08. The fraction of sp³-hybridized carbons (Fsp3) is 0.235. The van der Waals surface area contributed by atoms with E-state index in [1.807, 2.05) is 24.3 Å². The summed E-state index contributed by atoms with van der Waals surface area (Å²) in [6.07, 6.45) is 0. The first-order valence-corrected chi connectivity index (χ1v) is 6.96. The van der Waals surface area contributed by atoms with Gasteiger partial charge in [-0.1, -0.05) is 24.3 Å². The predicted molar refractivity (Wildman–Crippen MR) is 87.6 cm³/mol. The molecule has 0 saturated carbocycles. The van der Waals surface area contributed by atoms with E-state index in [4.69, 9.17) is 5.73 Å². The van der Waals surface area contributed by atoms with Crippen LogP contribution in [0.25, 0.3) is 0 Å². The molecule has 1 atom stereocenters. The molecule has 2 rings (SSSR count). The van der Waals surface area contributed by atoms with E-state index in [1.165, 1.54) is 11.1 Å². The first-order chi connectivity index (χ1) is 9.97. The van der Waals surface area contributed by atoms with Crippen molar-refractivity contribution in [2.24, 2.45) is 5.73 Å². The van der Waals surface area contributed by atoms with E-state index in [0.717, 1.165) is 11.3 Å². The van der Waals surface area contributed by atoms with Gasteiger partial charge in [0.15, 0.2) is 0 Å². The van der Waals surface area contributed by atoms with Gasteiger partial charge in [-0.2, -0.15) is 0 Å². The lowest BCUT2D eigenvalue weighted by Gasteiger charge is -2.18. The summed E-state index contributed by atoms with van der Waals surface area (Å²) < 4.78 is 0. The van der Waals surface area contributed by atoms with Crippen LogP contribution in [0.15, 0.2) is 42.5 Å². The Labute approximate surface area is 125 Å². The van der Waals surface area contributed by atoms with Gasteiger partial charge in [-0.25, -0.2) is 4.79 Å². The normalized spacial score (nSPS) is 11.8. The summed E-state index contributed by atoms with van der Waals surface area (Å²) in [7, 11) is 0. The number of urea groups is 1. The van der Waals surface area contributed by atoms with E-state index in [9.17, 15) is 4.79 Å². The summed E-state index contributed by atoms with van der Waals surface area (Å²) in [5.41, 5.74) is 10.6. The average Bonchev–Trinajstić information content (AvgIpc) is 2.44. The molecule has 1 unspecified atom stereocenters. The lowest BCUT2D eigenvalue weighted by atomic mass is 10.0. The first-order valence-electron chi connectivity index (χ1n) is 6.96. The Morgan fingerprint density at radius 3 is 2.38 bits per heavy atom. The van der Waals surface area contributed by atoms with E-state index < -0.39 is 6.03 Å². The third-order valence-electron chi connectivity index (χ3n) is 3.65. The summed E-state index contributed by atoms with van der Waals surface area (Å²) in [6.45, 7) is 6.33. The molecule has 4 N–H and O–H groups in total. The molecule has 0 aliphatic carbocycles. The van der Waals surface area contributed by atoms with Crippen LogP contribution in [-0.2, 0) is 0 Å². The predicted octanol–water partition coefficient (Wildman–Crippen LogP) is 3.97. The van der Waals surface area contributed by atoms with Crippen molar-refractivity contribution in [2.75, 3.05) is 10.6 Å². The van der Waals surface area contributed by atoms with Crippen molar-refractivity contribution >= 4 is 17.4 Å². The summed E-state index contributed by atoms with van der Waals surface area (Å²) in [4.78, 5) is 10.8. The molecule has 0 aromatic heterocycles. The Morgan fingerprint density at radius 2 is 1.76 bits per heavy atom. The zero-order valence-electron chi connectivity index (χ0n) is 12.6. The smallest absolute Gasteiger partial charge is 0.316 e. The number of nitrogens with two attached hydrogens (primary N) is 1. The van der Waals surface area contributed by atoms with Crippen LogP contribution in [0.4, 0.5) is 16.2 Å². The van der Waals surface area contributed by atoms with Crippen molar-refractivity contribution < 1.29 is 4.79 Å². The maximum absolute atomic E-state index is 10.8. The Hall–Kier alpha value is -2.49. The molecule has 21 heavy (non-hydrogen) atoms. The molecule has 0 saturated heterocycles. The minimum Gasteiger partial charge on any atom is -0.378 e. The number of carbonyl (C=O) groups is 1. The summed E-state index contributed by atoms with van der Waals surface area (Å²) in [6, 6.07) is 13.5. The van der Waals surface area contributed by atoms with Crippen molar-refractivity contribution in [1.82, 2.24) is 0 Å². The van der Waals surface area contributed by atoms with Crippen LogP contribution in [0.2, 0.25) is 0 Å². The zero-order valence-corrected chi connectivity index (χ0v) is 12.6. The number of aryl methyl sites for hydroxylation is 1. The van der Waals surface area contributed by atoms with Gasteiger partial charge in [0.1, 0.15) is 0 Å². The SMILES string of the molecule is Cc1cccc(NC(C)c2ccc(NC(N)=O)cc2)c1C. The van der Waals surface area contributed by atoms with Gasteiger partial charge < -0.3 is 16.4 Å². The number of primary amides is 1. The fourth-order valence-corrected chi connectivity index (χ4v) is 2.22. The van der Waals surface area contributed by atoms with E-state index in [1.54, 1.807) is 0 Å². The second-order valence-corrected chi connectivity index (χ2v) is 5.22. The number of carbonyl (C=O) groups excluding carboxylic acids is 1. The number of hydrogen-bond acceptors (Lipinski definition) is 2.